The highest BCUT2D eigenvalue weighted by Gasteiger charge is 2.13. The molecule has 0 saturated heterocycles. The minimum absolute atomic E-state index is 0.661. The number of halogens is 1. The number of benzene rings is 3. The molecule has 0 spiro atoms. The van der Waals surface area contributed by atoms with E-state index in [4.69, 9.17) is 16.3 Å². The number of hydrogen-bond donors (Lipinski definition) is 0. The van der Waals surface area contributed by atoms with Crippen LogP contribution in [-0.4, -0.2) is 13.4 Å². The van der Waals surface area contributed by atoms with Gasteiger partial charge >= 0.3 is 0 Å². The molecule has 0 amide bonds. The van der Waals surface area contributed by atoms with Gasteiger partial charge in [0.1, 0.15) is 5.75 Å². The lowest BCUT2D eigenvalue weighted by molar-refractivity contribution is 0.112. The lowest BCUT2D eigenvalue weighted by Crippen LogP contribution is -1.94. The monoisotopic (exact) mass is 296 g/mol. The Hall–Kier alpha value is -2.32. The van der Waals surface area contributed by atoms with Crippen molar-refractivity contribution in [2.45, 2.75) is 0 Å². The predicted molar refractivity (Wildman–Crippen MR) is 86.3 cm³/mol. The van der Waals surface area contributed by atoms with Gasteiger partial charge in [-0.3, -0.25) is 4.79 Å². The van der Waals surface area contributed by atoms with E-state index in [0.29, 0.717) is 10.6 Å². The van der Waals surface area contributed by atoms with E-state index < -0.39 is 0 Å². The zero-order valence-corrected chi connectivity index (χ0v) is 12.2. The average Bonchev–Trinajstić information content (AvgIpc) is 2.54. The van der Waals surface area contributed by atoms with Crippen LogP contribution in [-0.2, 0) is 0 Å². The number of fused-ring (bicyclic) bond motifs is 1. The molecule has 3 aromatic carbocycles. The molecular weight excluding hydrogens is 284 g/mol. The summed E-state index contributed by atoms with van der Waals surface area (Å²) in [6.07, 6.45) is 0.895. The van der Waals surface area contributed by atoms with Crippen LogP contribution in [0.2, 0.25) is 5.02 Å². The zero-order valence-electron chi connectivity index (χ0n) is 11.5. The predicted octanol–water partition coefficient (Wildman–Crippen LogP) is 4.98. The fraction of sp³-hybridized carbons (Fsp3) is 0.0556. The van der Waals surface area contributed by atoms with E-state index >= 15 is 0 Å². The first-order chi connectivity index (χ1) is 10.2. The Bertz CT molecular complexity index is 807. The van der Waals surface area contributed by atoms with Crippen molar-refractivity contribution in [2.75, 3.05) is 7.11 Å². The Morgan fingerprint density at radius 3 is 2.29 bits per heavy atom. The van der Waals surface area contributed by atoms with E-state index in [1.165, 1.54) is 0 Å². The number of ether oxygens (including phenoxy) is 1. The summed E-state index contributed by atoms with van der Waals surface area (Å²) in [4.78, 5) is 11.6. The van der Waals surface area contributed by atoms with E-state index in [2.05, 4.69) is 0 Å². The van der Waals surface area contributed by atoms with Gasteiger partial charge in [-0.05, 0) is 34.7 Å². The lowest BCUT2D eigenvalue weighted by Gasteiger charge is -2.13. The van der Waals surface area contributed by atoms with Gasteiger partial charge in [-0.15, -0.1) is 0 Å². The molecule has 0 aliphatic rings. The quantitative estimate of drug-likeness (QED) is 0.637. The first-order valence-corrected chi connectivity index (χ1v) is 6.93. The van der Waals surface area contributed by atoms with Crippen LogP contribution in [0.1, 0.15) is 10.4 Å². The molecule has 21 heavy (non-hydrogen) atoms. The van der Waals surface area contributed by atoms with Crippen molar-refractivity contribution in [3.05, 3.63) is 65.2 Å². The van der Waals surface area contributed by atoms with Crippen LogP contribution >= 0.6 is 11.6 Å². The Labute approximate surface area is 127 Å². The second-order valence-electron chi connectivity index (χ2n) is 4.71. The maximum Gasteiger partial charge on any atom is 0.151 e. The normalized spacial score (nSPS) is 10.6. The number of rotatable bonds is 3. The second kappa shape index (κ2) is 5.58. The number of methoxy groups -OCH3 is 1. The first kappa shape index (κ1) is 13.7. The minimum atomic E-state index is 0.661. The van der Waals surface area contributed by atoms with Gasteiger partial charge in [0.25, 0.3) is 0 Å². The topological polar surface area (TPSA) is 26.3 Å². The van der Waals surface area contributed by atoms with Crippen LogP contribution in [0, 0.1) is 0 Å². The highest BCUT2D eigenvalue weighted by Crippen LogP contribution is 2.36. The largest absolute Gasteiger partial charge is 0.496 e. The first-order valence-electron chi connectivity index (χ1n) is 6.55. The van der Waals surface area contributed by atoms with Crippen molar-refractivity contribution in [1.29, 1.82) is 0 Å². The summed E-state index contributed by atoms with van der Waals surface area (Å²) < 4.78 is 5.47. The van der Waals surface area contributed by atoms with E-state index in [0.717, 1.165) is 33.9 Å². The molecule has 0 atom stereocenters. The smallest absolute Gasteiger partial charge is 0.151 e. The van der Waals surface area contributed by atoms with Crippen LogP contribution in [0.25, 0.3) is 21.9 Å². The average molecular weight is 297 g/mol. The molecule has 3 rings (SSSR count). The van der Waals surface area contributed by atoms with Gasteiger partial charge in [-0.2, -0.15) is 0 Å². The van der Waals surface area contributed by atoms with E-state index in [-0.39, 0.29) is 0 Å². The van der Waals surface area contributed by atoms with E-state index in [9.17, 15) is 4.79 Å². The Kier molecular flexibility index (Phi) is 3.63. The Balaban J connectivity index is 2.36. The van der Waals surface area contributed by atoms with Gasteiger partial charge in [0.2, 0.25) is 0 Å². The van der Waals surface area contributed by atoms with Crippen LogP contribution in [0.15, 0.2) is 54.6 Å². The zero-order chi connectivity index (χ0) is 14.8. The fourth-order valence-electron chi connectivity index (χ4n) is 2.53. The number of carbonyl (C=O) groups is 1. The number of hydrogen-bond acceptors (Lipinski definition) is 2. The molecular formula is C18H13ClO2. The van der Waals surface area contributed by atoms with Crippen molar-refractivity contribution in [3.63, 3.8) is 0 Å². The third kappa shape index (κ3) is 2.39. The molecule has 0 heterocycles. The Morgan fingerprint density at radius 2 is 1.67 bits per heavy atom. The molecule has 3 heteroatoms. The molecule has 0 N–H and O–H groups in total. The molecule has 0 aromatic heterocycles. The summed E-state index contributed by atoms with van der Waals surface area (Å²) in [5.74, 6) is 0.751. The van der Waals surface area contributed by atoms with Crippen LogP contribution in [0.5, 0.6) is 5.75 Å². The molecule has 0 aliphatic carbocycles. The van der Waals surface area contributed by atoms with Gasteiger partial charge in [-0.25, -0.2) is 0 Å². The standard InChI is InChI=1S/C18H13ClO2/c1-21-18-10-16(12-6-8-13(19)9-7-12)17(11-20)14-4-2-3-5-15(14)18/h2-11H,1H3. The van der Waals surface area contributed by atoms with Crippen molar-refractivity contribution >= 4 is 28.7 Å². The van der Waals surface area contributed by atoms with Gasteiger partial charge in [0.15, 0.2) is 6.29 Å². The molecule has 0 bridgehead atoms. The molecule has 104 valence electrons. The summed E-state index contributed by atoms with van der Waals surface area (Å²) in [7, 11) is 1.63. The maximum absolute atomic E-state index is 11.6. The number of carbonyl (C=O) groups excluding carboxylic acids is 1. The molecule has 0 radical (unpaired) electrons. The maximum atomic E-state index is 11.6. The molecule has 0 aliphatic heterocycles. The highest BCUT2D eigenvalue weighted by molar-refractivity contribution is 6.30. The third-order valence-electron chi connectivity index (χ3n) is 3.54. The summed E-state index contributed by atoms with van der Waals surface area (Å²) in [5, 5.41) is 2.48. The summed E-state index contributed by atoms with van der Waals surface area (Å²) in [6, 6.07) is 17.1. The SMILES string of the molecule is COc1cc(-c2ccc(Cl)cc2)c(C=O)c2ccccc12. The summed E-state index contributed by atoms with van der Waals surface area (Å²) in [5.41, 5.74) is 2.44. The van der Waals surface area contributed by atoms with Crippen molar-refractivity contribution < 1.29 is 9.53 Å². The van der Waals surface area contributed by atoms with Crippen molar-refractivity contribution in [3.8, 4) is 16.9 Å². The van der Waals surface area contributed by atoms with Crippen LogP contribution in [0.4, 0.5) is 0 Å². The highest BCUT2D eigenvalue weighted by atomic mass is 35.5. The molecule has 3 aromatic rings. The Morgan fingerprint density at radius 1 is 1.00 bits per heavy atom. The van der Waals surface area contributed by atoms with E-state index in [1.54, 1.807) is 7.11 Å². The fourth-order valence-corrected chi connectivity index (χ4v) is 2.65. The van der Waals surface area contributed by atoms with Gasteiger partial charge in [0.05, 0.1) is 7.11 Å². The summed E-state index contributed by atoms with van der Waals surface area (Å²) in [6.45, 7) is 0. The lowest BCUT2D eigenvalue weighted by atomic mass is 9.94. The van der Waals surface area contributed by atoms with Crippen LogP contribution in [0.3, 0.4) is 0 Å². The molecule has 0 fully saturated rings. The van der Waals surface area contributed by atoms with Gasteiger partial charge in [-0.1, -0.05) is 48.0 Å². The second-order valence-corrected chi connectivity index (χ2v) is 5.15. The third-order valence-corrected chi connectivity index (χ3v) is 3.79. The van der Waals surface area contributed by atoms with Crippen molar-refractivity contribution in [2.24, 2.45) is 0 Å². The molecule has 2 nitrogen and oxygen atoms in total. The summed E-state index contributed by atoms with van der Waals surface area (Å²) >= 11 is 5.93. The van der Waals surface area contributed by atoms with Crippen LogP contribution < -0.4 is 4.74 Å². The van der Waals surface area contributed by atoms with Crippen molar-refractivity contribution in [1.82, 2.24) is 0 Å². The molecule has 0 saturated carbocycles. The van der Waals surface area contributed by atoms with E-state index in [1.807, 2.05) is 54.6 Å². The van der Waals surface area contributed by atoms with Gasteiger partial charge in [0, 0.05) is 16.0 Å². The number of aldehydes is 1. The van der Waals surface area contributed by atoms with Gasteiger partial charge < -0.3 is 4.74 Å². The minimum Gasteiger partial charge on any atom is -0.496 e. The molecule has 0 unspecified atom stereocenters.